The largest absolute Gasteiger partial charge is 0.491 e. The smallest absolute Gasteiger partial charge is 0.315 e. The molecule has 4 heteroatoms. The van der Waals surface area contributed by atoms with E-state index in [2.05, 4.69) is 10.6 Å². The molecule has 0 saturated heterocycles. The maximum atomic E-state index is 11.9. The molecular weight excluding hydrogens is 264 g/mol. The highest BCUT2D eigenvalue weighted by Crippen LogP contribution is 2.17. The molecule has 1 aliphatic carbocycles. The quantitative estimate of drug-likeness (QED) is 0.870. The number of amides is 2. The molecule has 0 spiro atoms. The Morgan fingerprint density at radius 2 is 1.86 bits per heavy atom. The second-order valence-corrected chi connectivity index (χ2v) is 5.97. The van der Waals surface area contributed by atoms with Gasteiger partial charge in [-0.05, 0) is 44.4 Å². The molecule has 0 bridgehead atoms. The SMILES string of the molecule is CC(C)Oc1ccc(CNC(=O)NC2CCCCC2)cc1. The normalized spacial score (nSPS) is 15.8. The number of carbonyl (C=O) groups is 1. The predicted octanol–water partition coefficient (Wildman–Crippen LogP) is 3.61. The Labute approximate surface area is 127 Å². The highest BCUT2D eigenvalue weighted by Gasteiger charge is 2.15. The number of hydrogen-bond acceptors (Lipinski definition) is 2. The summed E-state index contributed by atoms with van der Waals surface area (Å²) in [6.07, 6.45) is 6.13. The third-order valence-electron chi connectivity index (χ3n) is 3.69. The van der Waals surface area contributed by atoms with Crippen molar-refractivity contribution in [3.05, 3.63) is 29.8 Å². The van der Waals surface area contributed by atoms with Crippen molar-refractivity contribution in [1.82, 2.24) is 10.6 Å². The van der Waals surface area contributed by atoms with Crippen molar-refractivity contribution >= 4 is 6.03 Å². The number of carbonyl (C=O) groups excluding carboxylic acids is 1. The van der Waals surface area contributed by atoms with Gasteiger partial charge in [-0.15, -0.1) is 0 Å². The van der Waals surface area contributed by atoms with Crippen LogP contribution in [0.1, 0.15) is 51.5 Å². The molecule has 1 saturated carbocycles. The summed E-state index contributed by atoms with van der Waals surface area (Å²) in [6, 6.07) is 8.13. The van der Waals surface area contributed by atoms with Crippen LogP contribution in [0.4, 0.5) is 4.79 Å². The summed E-state index contributed by atoms with van der Waals surface area (Å²) in [7, 11) is 0. The van der Waals surface area contributed by atoms with Gasteiger partial charge in [-0.3, -0.25) is 0 Å². The van der Waals surface area contributed by atoms with Crippen LogP contribution in [0.3, 0.4) is 0 Å². The van der Waals surface area contributed by atoms with Gasteiger partial charge < -0.3 is 15.4 Å². The van der Waals surface area contributed by atoms with Crippen molar-refractivity contribution in [2.45, 2.75) is 64.6 Å². The molecule has 0 aromatic heterocycles. The lowest BCUT2D eigenvalue weighted by molar-refractivity contribution is 0.232. The minimum atomic E-state index is -0.0654. The number of benzene rings is 1. The summed E-state index contributed by atoms with van der Waals surface area (Å²) in [5, 5.41) is 5.97. The van der Waals surface area contributed by atoms with Crippen molar-refractivity contribution in [3.63, 3.8) is 0 Å². The van der Waals surface area contributed by atoms with Gasteiger partial charge >= 0.3 is 6.03 Å². The number of hydrogen-bond donors (Lipinski definition) is 2. The van der Waals surface area contributed by atoms with Crippen molar-refractivity contribution < 1.29 is 9.53 Å². The van der Waals surface area contributed by atoms with Crippen LogP contribution in [0.25, 0.3) is 0 Å². The Bertz CT molecular complexity index is 437. The summed E-state index contributed by atoms with van der Waals surface area (Å²) < 4.78 is 5.60. The number of rotatable bonds is 5. The maximum absolute atomic E-state index is 11.9. The molecule has 0 heterocycles. The molecule has 116 valence electrons. The average molecular weight is 290 g/mol. The van der Waals surface area contributed by atoms with Crippen LogP contribution in [0.5, 0.6) is 5.75 Å². The molecule has 2 N–H and O–H groups in total. The minimum Gasteiger partial charge on any atom is -0.491 e. The second-order valence-electron chi connectivity index (χ2n) is 5.97. The summed E-state index contributed by atoms with van der Waals surface area (Å²) in [5.74, 6) is 0.861. The molecule has 21 heavy (non-hydrogen) atoms. The van der Waals surface area contributed by atoms with Gasteiger partial charge in [-0.2, -0.15) is 0 Å². The van der Waals surface area contributed by atoms with Gasteiger partial charge in [0.1, 0.15) is 5.75 Å². The first-order valence-corrected chi connectivity index (χ1v) is 7.93. The van der Waals surface area contributed by atoms with Crippen molar-refractivity contribution in [2.24, 2.45) is 0 Å². The summed E-state index contributed by atoms with van der Waals surface area (Å²) >= 11 is 0. The van der Waals surface area contributed by atoms with Gasteiger partial charge in [-0.25, -0.2) is 4.79 Å². The molecule has 1 aliphatic rings. The van der Waals surface area contributed by atoms with Crippen molar-refractivity contribution in [1.29, 1.82) is 0 Å². The van der Waals surface area contributed by atoms with E-state index in [4.69, 9.17) is 4.74 Å². The number of nitrogens with one attached hydrogen (secondary N) is 2. The Balaban J connectivity index is 1.73. The van der Waals surface area contributed by atoms with Crippen LogP contribution in [0, 0.1) is 0 Å². The van der Waals surface area contributed by atoms with E-state index in [-0.39, 0.29) is 12.1 Å². The Kier molecular flexibility index (Phi) is 5.90. The molecule has 0 aliphatic heterocycles. The number of urea groups is 1. The molecule has 2 rings (SSSR count). The van der Waals surface area contributed by atoms with Crippen LogP contribution in [-0.2, 0) is 6.54 Å². The van der Waals surface area contributed by atoms with Gasteiger partial charge in [0.05, 0.1) is 6.10 Å². The third-order valence-corrected chi connectivity index (χ3v) is 3.69. The molecule has 0 unspecified atom stereocenters. The van der Waals surface area contributed by atoms with Gasteiger partial charge in [0.15, 0.2) is 0 Å². The first kappa shape index (κ1) is 15.7. The molecular formula is C17H26N2O2. The van der Waals surface area contributed by atoms with E-state index in [0.717, 1.165) is 24.2 Å². The lowest BCUT2D eigenvalue weighted by atomic mass is 9.96. The van der Waals surface area contributed by atoms with Crippen molar-refractivity contribution in [2.75, 3.05) is 0 Å². The number of ether oxygens (including phenoxy) is 1. The Morgan fingerprint density at radius 1 is 1.19 bits per heavy atom. The highest BCUT2D eigenvalue weighted by atomic mass is 16.5. The van der Waals surface area contributed by atoms with E-state index >= 15 is 0 Å². The zero-order chi connectivity index (χ0) is 15.1. The molecule has 0 atom stereocenters. The summed E-state index contributed by atoms with van der Waals surface area (Å²) in [6.45, 7) is 4.55. The standard InChI is InChI=1S/C17H26N2O2/c1-13(2)21-16-10-8-14(9-11-16)12-18-17(20)19-15-6-4-3-5-7-15/h8-11,13,15H,3-7,12H2,1-2H3,(H2,18,19,20). The summed E-state index contributed by atoms with van der Waals surface area (Å²) in [4.78, 5) is 11.9. The first-order valence-electron chi connectivity index (χ1n) is 7.93. The fraction of sp³-hybridized carbons (Fsp3) is 0.588. The average Bonchev–Trinajstić information content (AvgIpc) is 2.47. The Hall–Kier alpha value is -1.71. The van der Waals surface area contributed by atoms with Gasteiger partial charge in [0.25, 0.3) is 0 Å². The molecule has 4 nitrogen and oxygen atoms in total. The zero-order valence-corrected chi connectivity index (χ0v) is 13.0. The van der Waals surface area contributed by atoms with Gasteiger partial charge in [0.2, 0.25) is 0 Å². The minimum absolute atomic E-state index is 0.0654. The zero-order valence-electron chi connectivity index (χ0n) is 13.0. The lowest BCUT2D eigenvalue weighted by Gasteiger charge is -2.22. The fourth-order valence-corrected chi connectivity index (χ4v) is 2.62. The van der Waals surface area contributed by atoms with Crippen LogP contribution in [-0.4, -0.2) is 18.2 Å². The van der Waals surface area contributed by atoms with E-state index < -0.39 is 0 Å². The molecule has 1 fully saturated rings. The maximum Gasteiger partial charge on any atom is 0.315 e. The lowest BCUT2D eigenvalue weighted by Crippen LogP contribution is -2.42. The fourth-order valence-electron chi connectivity index (χ4n) is 2.62. The molecule has 2 amide bonds. The van der Waals surface area contributed by atoms with Gasteiger partial charge in [-0.1, -0.05) is 31.4 Å². The van der Waals surface area contributed by atoms with Crippen LogP contribution in [0.2, 0.25) is 0 Å². The molecule has 1 aromatic carbocycles. The second kappa shape index (κ2) is 7.91. The van der Waals surface area contributed by atoms with E-state index in [1.54, 1.807) is 0 Å². The van der Waals surface area contributed by atoms with E-state index in [1.807, 2.05) is 38.1 Å². The van der Waals surface area contributed by atoms with Gasteiger partial charge in [0, 0.05) is 12.6 Å². The molecule has 1 aromatic rings. The predicted molar refractivity (Wildman–Crippen MR) is 84.5 cm³/mol. The van der Waals surface area contributed by atoms with E-state index in [9.17, 15) is 4.79 Å². The third kappa shape index (κ3) is 5.66. The van der Waals surface area contributed by atoms with Crippen LogP contribution in [0.15, 0.2) is 24.3 Å². The van der Waals surface area contributed by atoms with E-state index in [1.165, 1.54) is 19.3 Å². The summed E-state index contributed by atoms with van der Waals surface area (Å²) in [5.41, 5.74) is 1.07. The molecule has 0 radical (unpaired) electrons. The van der Waals surface area contributed by atoms with Crippen molar-refractivity contribution in [3.8, 4) is 5.75 Å². The Morgan fingerprint density at radius 3 is 2.48 bits per heavy atom. The monoisotopic (exact) mass is 290 g/mol. The topological polar surface area (TPSA) is 50.4 Å². The first-order chi connectivity index (χ1) is 10.1. The van der Waals surface area contributed by atoms with E-state index in [0.29, 0.717) is 12.6 Å². The highest BCUT2D eigenvalue weighted by molar-refractivity contribution is 5.74. The van der Waals surface area contributed by atoms with Crippen LogP contribution < -0.4 is 15.4 Å². The van der Waals surface area contributed by atoms with Crippen LogP contribution >= 0.6 is 0 Å².